The second-order valence-electron chi connectivity index (χ2n) is 5.84. The molecule has 0 radical (unpaired) electrons. The number of rotatable bonds is 5. The van der Waals surface area contributed by atoms with E-state index in [1.807, 2.05) is 30.3 Å². The fourth-order valence-electron chi connectivity index (χ4n) is 2.95. The summed E-state index contributed by atoms with van der Waals surface area (Å²) in [6, 6.07) is 8.81. The number of nitrogens with zero attached hydrogens (tertiary/aromatic N) is 2. The van der Waals surface area contributed by atoms with E-state index >= 15 is 0 Å². The fourth-order valence-corrected chi connectivity index (χ4v) is 2.95. The SMILES string of the molecule is CCOC(=O)c1[nH]cnc1C(=O)N1CCNC(=O)[C@H]1Cc1ccccc1. The van der Waals surface area contributed by atoms with E-state index in [9.17, 15) is 14.4 Å². The van der Waals surface area contributed by atoms with Gasteiger partial charge in [-0.3, -0.25) is 9.59 Å². The monoisotopic (exact) mass is 356 g/mol. The normalized spacial score (nSPS) is 16.9. The highest BCUT2D eigenvalue weighted by atomic mass is 16.5. The fraction of sp³-hybridized carbons (Fsp3) is 0.333. The zero-order valence-corrected chi connectivity index (χ0v) is 14.4. The number of ether oxygens (including phenoxy) is 1. The Morgan fingerprint density at radius 2 is 2.08 bits per heavy atom. The maximum absolute atomic E-state index is 13.0. The molecule has 1 aromatic heterocycles. The summed E-state index contributed by atoms with van der Waals surface area (Å²) in [5.74, 6) is -1.33. The molecule has 0 saturated carbocycles. The van der Waals surface area contributed by atoms with Gasteiger partial charge in [0, 0.05) is 19.5 Å². The predicted octanol–water partition coefficient (Wildman–Crippen LogP) is 0.770. The van der Waals surface area contributed by atoms with Crippen molar-refractivity contribution in [1.82, 2.24) is 20.2 Å². The Kier molecular flexibility index (Phi) is 5.31. The van der Waals surface area contributed by atoms with Gasteiger partial charge in [-0.15, -0.1) is 0 Å². The number of hydrogen-bond donors (Lipinski definition) is 2. The molecule has 1 fully saturated rings. The number of amides is 2. The summed E-state index contributed by atoms with van der Waals surface area (Å²) in [6.45, 7) is 2.57. The smallest absolute Gasteiger partial charge is 0.357 e. The summed E-state index contributed by atoms with van der Waals surface area (Å²) in [4.78, 5) is 45.5. The Balaban J connectivity index is 1.86. The molecule has 3 rings (SSSR count). The lowest BCUT2D eigenvalue weighted by molar-refractivity contribution is -0.127. The number of carbonyl (C=O) groups is 3. The van der Waals surface area contributed by atoms with E-state index in [1.54, 1.807) is 6.92 Å². The quantitative estimate of drug-likeness (QED) is 0.770. The number of aromatic amines is 1. The van der Waals surface area contributed by atoms with Crippen LogP contribution in [-0.4, -0.2) is 58.4 Å². The third-order valence-electron chi connectivity index (χ3n) is 4.19. The molecular formula is C18H20N4O4. The Hall–Kier alpha value is -3.16. The van der Waals surface area contributed by atoms with Gasteiger partial charge in [0.2, 0.25) is 5.91 Å². The van der Waals surface area contributed by atoms with E-state index in [0.717, 1.165) is 5.56 Å². The van der Waals surface area contributed by atoms with Crippen LogP contribution in [0.5, 0.6) is 0 Å². The molecule has 2 amide bonds. The maximum atomic E-state index is 13.0. The summed E-state index contributed by atoms with van der Waals surface area (Å²) in [6.07, 6.45) is 1.66. The van der Waals surface area contributed by atoms with E-state index in [-0.39, 0.29) is 23.9 Å². The topological polar surface area (TPSA) is 104 Å². The van der Waals surface area contributed by atoms with Crippen LogP contribution in [-0.2, 0) is 16.0 Å². The Bertz CT molecular complexity index is 803. The molecule has 2 N–H and O–H groups in total. The number of H-pyrrole nitrogens is 1. The van der Waals surface area contributed by atoms with Gasteiger partial charge in [0.05, 0.1) is 12.9 Å². The molecule has 136 valence electrons. The number of benzene rings is 1. The van der Waals surface area contributed by atoms with Crippen LogP contribution >= 0.6 is 0 Å². The van der Waals surface area contributed by atoms with Gasteiger partial charge in [-0.2, -0.15) is 0 Å². The summed E-state index contributed by atoms with van der Waals surface area (Å²) >= 11 is 0. The van der Waals surface area contributed by atoms with Crippen molar-refractivity contribution in [2.24, 2.45) is 0 Å². The van der Waals surface area contributed by atoms with Crippen molar-refractivity contribution in [3.05, 3.63) is 53.6 Å². The van der Waals surface area contributed by atoms with Crippen molar-refractivity contribution in [2.45, 2.75) is 19.4 Å². The molecule has 26 heavy (non-hydrogen) atoms. The molecule has 2 heterocycles. The van der Waals surface area contributed by atoms with Gasteiger partial charge in [-0.1, -0.05) is 30.3 Å². The average molecular weight is 356 g/mol. The third-order valence-corrected chi connectivity index (χ3v) is 4.19. The van der Waals surface area contributed by atoms with E-state index < -0.39 is 17.9 Å². The summed E-state index contributed by atoms with van der Waals surface area (Å²) in [5.41, 5.74) is 0.914. The van der Waals surface area contributed by atoms with E-state index in [1.165, 1.54) is 11.2 Å². The molecule has 0 aliphatic carbocycles. The van der Waals surface area contributed by atoms with Gasteiger partial charge in [-0.05, 0) is 12.5 Å². The number of esters is 1. The number of piperazine rings is 1. The minimum atomic E-state index is -0.662. The molecule has 1 saturated heterocycles. The standard InChI is InChI=1S/C18H20N4O4/c1-2-26-18(25)15-14(20-11-21-15)17(24)22-9-8-19-16(23)13(22)10-12-6-4-3-5-7-12/h3-7,11,13H,2,8-10H2,1H3,(H,19,23)(H,20,21)/t13-/m1/s1. The number of imidazole rings is 1. The van der Waals surface area contributed by atoms with Crippen molar-refractivity contribution in [1.29, 1.82) is 0 Å². The van der Waals surface area contributed by atoms with Gasteiger partial charge in [0.15, 0.2) is 11.4 Å². The Morgan fingerprint density at radius 1 is 1.31 bits per heavy atom. The van der Waals surface area contributed by atoms with Crippen LogP contribution in [0, 0.1) is 0 Å². The molecule has 0 bridgehead atoms. The number of carbonyl (C=O) groups excluding carboxylic acids is 3. The highest BCUT2D eigenvalue weighted by molar-refractivity contribution is 6.04. The van der Waals surface area contributed by atoms with Crippen LogP contribution in [0.25, 0.3) is 0 Å². The number of nitrogens with one attached hydrogen (secondary N) is 2. The second kappa shape index (κ2) is 7.81. The number of hydrogen-bond acceptors (Lipinski definition) is 5. The lowest BCUT2D eigenvalue weighted by Crippen LogP contribution is -2.58. The van der Waals surface area contributed by atoms with Crippen molar-refractivity contribution in [2.75, 3.05) is 19.7 Å². The maximum Gasteiger partial charge on any atom is 0.357 e. The molecule has 0 spiro atoms. The molecule has 1 aliphatic heterocycles. The summed E-state index contributed by atoms with van der Waals surface area (Å²) < 4.78 is 4.95. The van der Waals surface area contributed by atoms with Crippen molar-refractivity contribution < 1.29 is 19.1 Å². The van der Waals surface area contributed by atoms with Gasteiger partial charge in [0.1, 0.15) is 6.04 Å². The first-order valence-electron chi connectivity index (χ1n) is 8.45. The van der Waals surface area contributed by atoms with Crippen molar-refractivity contribution in [3.8, 4) is 0 Å². The van der Waals surface area contributed by atoms with Crippen LogP contribution in [0.2, 0.25) is 0 Å². The first kappa shape index (κ1) is 17.7. The van der Waals surface area contributed by atoms with Crippen LogP contribution in [0.3, 0.4) is 0 Å². The predicted molar refractivity (Wildman–Crippen MR) is 92.5 cm³/mol. The Labute approximate surface area is 150 Å². The third kappa shape index (κ3) is 3.58. The first-order valence-corrected chi connectivity index (χ1v) is 8.45. The molecule has 1 aromatic carbocycles. The molecule has 8 nitrogen and oxygen atoms in total. The minimum Gasteiger partial charge on any atom is -0.461 e. The molecule has 2 aromatic rings. The lowest BCUT2D eigenvalue weighted by atomic mass is 10.0. The molecule has 8 heteroatoms. The van der Waals surface area contributed by atoms with E-state index in [2.05, 4.69) is 15.3 Å². The second-order valence-corrected chi connectivity index (χ2v) is 5.84. The lowest BCUT2D eigenvalue weighted by Gasteiger charge is -2.34. The summed E-state index contributed by atoms with van der Waals surface area (Å²) in [7, 11) is 0. The van der Waals surface area contributed by atoms with Crippen LogP contribution in [0.15, 0.2) is 36.7 Å². The van der Waals surface area contributed by atoms with Crippen LogP contribution in [0.4, 0.5) is 0 Å². The van der Waals surface area contributed by atoms with Gasteiger partial charge >= 0.3 is 5.97 Å². The average Bonchev–Trinajstić information content (AvgIpc) is 3.14. The van der Waals surface area contributed by atoms with E-state index in [0.29, 0.717) is 19.5 Å². The van der Waals surface area contributed by atoms with Crippen LogP contribution in [0.1, 0.15) is 33.5 Å². The van der Waals surface area contributed by atoms with Crippen molar-refractivity contribution in [3.63, 3.8) is 0 Å². The van der Waals surface area contributed by atoms with Gasteiger partial charge in [-0.25, -0.2) is 9.78 Å². The molecule has 0 unspecified atom stereocenters. The molecule has 1 atom stereocenters. The molecular weight excluding hydrogens is 336 g/mol. The first-order chi connectivity index (χ1) is 12.6. The highest BCUT2D eigenvalue weighted by Gasteiger charge is 2.36. The zero-order chi connectivity index (χ0) is 18.5. The molecule has 1 aliphatic rings. The van der Waals surface area contributed by atoms with Crippen molar-refractivity contribution >= 4 is 17.8 Å². The van der Waals surface area contributed by atoms with Gasteiger partial charge < -0.3 is 19.9 Å². The Morgan fingerprint density at radius 3 is 2.81 bits per heavy atom. The van der Waals surface area contributed by atoms with E-state index in [4.69, 9.17) is 4.74 Å². The van der Waals surface area contributed by atoms with Gasteiger partial charge in [0.25, 0.3) is 5.91 Å². The van der Waals surface area contributed by atoms with Crippen LogP contribution < -0.4 is 5.32 Å². The minimum absolute atomic E-state index is 0.00120. The number of aromatic nitrogens is 2. The zero-order valence-electron chi connectivity index (χ0n) is 14.4. The highest BCUT2D eigenvalue weighted by Crippen LogP contribution is 2.17. The summed E-state index contributed by atoms with van der Waals surface area (Å²) in [5, 5.41) is 2.79. The largest absolute Gasteiger partial charge is 0.461 e.